The number of rotatable bonds is 6. The normalized spacial score (nSPS) is 13.8. The number of urea groups is 1. The van der Waals surface area contributed by atoms with E-state index in [0.717, 1.165) is 5.01 Å². The average molecular weight is 399 g/mol. The first-order valence-electron chi connectivity index (χ1n) is 8.08. The van der Waals surface area contributed by atoms with E-state index in [1.165, 1.54) is 18.2 Å². The molecule has 0 saturated heterocycles. The first-order valence-corrected chi connectivity index (χ1v) is 9.56. The molecule has 2 N–H and O–H groups in total. The lowest BCUT2D eigenvalue weighted by molar-refractivity contribution is 0.0527. The monoisotopic (exact) mass is 399 g/mol. The van der Waals surface area contributed by atoms with Crippen LogP contribution >= 0.6 is 0 Å². The highest BCUT2D eigenvalue weighted by Gasteiger charge is 2.29. The highest BCUT2D eigenvalue weighted by Crippen LogP contribution is 2.17. The molecule has 1 aliphatic rings. The Hall–Kier alpha value is -3.02. The van der Waals surface area contributed by atoms with Gasteiger partial charge in [0.2, 0.25) is 0 Å². The lowest BCUT2D eigenvalue weighted by Crippen LogP contribution is -2.43. The summed E-state index contributed by atoms with van der Waals surface area (Å²) < 4.78 is 38.6. The number of hydrazone groups is 1. The zero-order chi connectivity index (χ0) is 20.0. The quantitative estimate of drug-likeness (QED) is 0.675. The van der Waals surface area contributed by atoms with Crippen LogP contribution in [0, 0.1) is 0 Å². The number of hydrogen-bond acceptors (Lipinski definition) is 8. The van der Waals surface area contributed by atoms with Crippen molar-refractivity contribution in [3.63, 3.8) is 0 Å². The van der Waals surface area contributed by atoms with Crippen LogP contribution in [-0.2, 0) is 19.7 Å². The molecular weight excluding hydrogens is 378 g/mol. The van der Waals surface area contributed by atoms with Gasteiger partial charge in [-0.25, -0.2) is 14.3 Å². The van der Waals surface area contributed by atoms with Crippen molar-refractivity contribution < 1.29 is 27.5 Å². The van der Waals surface area contributed by atoms with Crippen molar-refractivity contribution >= 4 is 33.9 Å². The van der Waals surface area contributed by atoms with Gasteiger partial charge in [0, 0.05) is 7.05 Å². The van der Waals surface area contributed by atoms with Gasteiger partial charge in [-0.1, -0.05) is 12.1 Å². The minimum atomic E-state index is -4.32. The Morgan fingerprint density at radius 2 is 1.93 bits per heavy atom. The lowest BCUT2D eigenvalue weighted by atomic mass is 10.2. The molecule has 27 heavy (non-hydrogen) atoms. The topological polar surface area (TPSA) is 130 Å². The zero-order valence-electron chi connectivity index (χ0n) is 15.1. The molecule has 0 atom stereocenters. The smallest absolute Gasteiger partial charge is 0.354 e. The summed E-state index contributed by atoms with van der Waals surface area (Å²) in [6.07, 6.45) is 0. The van der Waals surface area contributed by atoms with Crippen LogP contribution in [0.5, 0.6) is 0 Å². The van der Waals surface area contributed by atoms with Crippen LogP contribution < -0.4 is 9.44 Å². The number of nitrogens with zero attached hydrogens (tertiary/aromatic N) is 3. The van der Waals surface area contributed by atoms with Crippen molar-refractivity contribution in [2.75, 3.05) is 31.7 Å². The summed E-state index contributed by atoms with van der Waals surface area (Å²) in [6.45, 7) is 3.90. The third-order valence-electron chi connectivity index (χ3n) is 3.28. The standard InChI is InChI=1S/C15H21N5O6S/c1-4-25-13(21)11-8-6-7-9-12(11)17-27(23,24)18-14(22)20-10-19(3)15(16-20)26-5-2/h6-9,17H,4-5,10H2,1-3H3,(H,18,22). The largest absolute Gasteiger partial charge is 0.464 e. The number of benzene rings is 1. The Labute approximate surface area is 157 Å². The molecule has 0 bridgehead atoms. The van der Waals surface area contributed by atoms with Crippen LogP contribution in [0.25, 0.3) is 0 Å². The molecule has 0 aliphatic carbocycles. The summed E-state index contributed by atoms with van der Waals surface area (Å²) in [4.78, 5) is 25.7. The SMILES string of the molecule is CCOC(=O)c1ccccc1NS(=O)(=O)NC(=O)N1CN(C)C(OCC)=N1. The van der Waals surface area contributed by atoms with Gasteiger partial charge in [0.15, 0.2) is 0 Å². The van der Waals surface area contributed by atoms with Gasteiger partial charge in [0.25, 0.3) is 0 Å². The number of anilines is 1. The summed E-state index contributed by atoms with van der Waals surface area (Å²) in [5.74, 6) is -0.686. The number of para-hydroxylation sites is 1. The van der Waals surface area contributed by atoms with Gasteiger partial charge in [-0.15, -0.1) is 5.10 Å². The van der Waals surface area contributed by atoms with Crippen molar-refractivity contribution in [2.24, 2.45) is 5.10 Å². The molecule has 0 radical (unpaired) electrons. The fourth-order valence-electron chi connectivity index (χ4n) is 2.15. The van der Waals surface area contributed by atoms with Crippen LogP contribution in [0.2, 0.25) is 0 Å². The van der Waals surface area contributed by atoms with Crippen molar-refractivity contribution in [1.29, 1.82) is 0 Å². The number of carbonyl (C=O) groups excluding carboxylic acids is 2. The Morgan fingerprint density at radius 3 is 2.59 bits per heavy atom. The number of esters is 1. The second-order valence-corrected chi connectivity index (χ2v) is 6.75. The molecule has 0 aromatic heterocycles. The maximum Gasteiger partial charge on any atom is 0.354 e. The van der Waals surface area contributed by atoms with Crippen LogP contribution in [0.3, 0.4) is 0 Å². The molecule has 1 aliphatic heterocycles. The molecule has 0 unspecified atom stereocenters. The van der Waals surface area contributed by atoms with E-state index in [1.54, 1.807) is 31.9 Å². The first kappa shape index (κ1) is 20.3. The van der Waals surface area contributed by atoms with E-state index in [-0.39, 0.29) is 30.5 Å². The molecule has 1 aromatic rings. The summed E-state index contributed by atoms with van der Waals surface area (Å²) in [7, 11) is -2.67. The number of hydrogen-bond donors (Lipinski definition) is 2. The highest BCUT2D eigenvalue weighted by molar-refractivity contribution is 7.91. The Kier molecular flexibility index (Phi) is 6.45. The predicted molar refractivity (Wildman–Crippen MR) is 97.0 cm³/mol. The van der Waals surface area contributed by atoms with Gasteiger partial charge in [-0.2, -0.15) is 13.4 Å². The summed E-state index contributed by atoms with van der Waals surface area (Å²) in [6, 6.07) is 5.11. The molecular formula is C15H21N5O6S. The number of amidine groups is 1. The molecule has 1 aromatic carbocycles. The van der Waals surface area contributed by atoms with E-state index in [2.05, 4.69) is 9.82 Å². The highest BCUT2D eigenvalue weighted by atomic mass is 32.2. The first-order chi connectivity index (χ1) is 12.8. The second kappa shape index (κ2) is 8.58. The second-order valence-electron chi connectivity index (χ2n) is 5.33. The van der Waals surface area contributed by atoms with Crippen molar-refractivity contribution in [2.45, 2.75) is 13.8 Å². The van der Waals surface area contributed by atoms with Crippen molar-refractivity contribution in [3.8, 4) is 0 Å². The number of nitrogens with one attached hydrogen (secondary N) is 2. The molecule has 148 valence electrons. The van der Waals surface area contributed by atoms with E-state index in [0.29, 0.717) is 6.61 Å². The molecule has 0 fully saturated rings. The van der Waals surface area contributed by atoms with Crippen molar-refractivity contribution in [1.82, 2.24) is 14.6 Å². The van der Waals surface area contributed by atoms with Crippen molar-refractivity contribution in [3.05, 3.63) is 29.8 Å². The molecule has 1 heterocycles. The van der Waals surface area contributed by atoms with Gasteiger partial charge < -0.3 is 14.4 Å². The lowest BCUT2D eigenvalue weighted by Gasteiger charge is -2.16. The average Bonchev–Trinajstić information content (AvgIpc) is 2.96. The van der Waals surface area contributed by atoms with E-state index in [1.807, 2.05) is 4.72 Å². The minimum Gasteiger partial charge on any atom is -0.464 e. The number of amides is 2. The van der Waals surface area contributed by atoms with Gasteiger partial charge in [-0.05, 0) is 26.0 Å². The summed E-state index contributed by atoms with van der Waals surface area (Å²) >= 11 is 0. The van der Waals surface area contributed by atoms with Gasteiger partial charge >= 0.3 is 28.2 Å². The molecule has 12 heteroatoms. The predicted octanol–water partition coefficient (Wildman–Crippen LogP) is 0.742. The van der Waals surface area contributed by atoms with Crippen LogP contribution in [0.1, 0.15) is 24.2 Å². The zero-order valence-corrected chi connectivity index (χ0v) is 15.9. The third kappa shape index (κ3) is 5.23. The summed E-state index contributed by atoms with van der Waals surface area (Å²) in [5, 5.41) is 4.80. The molecule has 0 spiro atoms. The molecule has 2 amide bonds. The van der Waals surface area contributed by atoms with Crippen LogP contribution in [-0.4, -0.2) is 63.3 Å². The van der Waals surface area contributed by atoms with E-state index in [9.17, 15) is 18.0 Å². The van der Waals surface area contributed by atoms with Crippen LogP contribution in [0.4, 0.5) is 10.5 Å². The van der Waals surface area contributed by atoms with Gasteiger partial charge in [0.1, 0.15) is 6.67 Å². The van der Waals surface area contributed by atoms with E-state index < -0.39 is 22.2 Å². The number of ether oxygens (including phenoxy) is 2. The third-order valence-corrected chi connectivity index (χ3v) is 4.21. The van der Waals surface area contributed by atoms with E-state index in [4.69, 9.17) is 9.47 Å². The Balaban J connectivity index is 2.10. The molecule has 0 saturated carbocycles. The molecule has 2 rings (SSSR count). The molecule has 11 nitrogen and oxygen atoms in total. The van der Waals surface area contributed by atoms with Gasteiger partial charge in [0.05, 0.1) is 24.5 Å². The van der Waals surface area contributed by atoms with Gasteiger partial charge in [-0.3, -0.25) is 4.72 Å². The Morgan fingerprint density at radius 1 is 1.22 bits per heavy atom. The fourth-order valence-corrected chi connectivity index (χ4v) is 3.00. The minimum absolute atomic E-state index is 0.0201. The Bertz CT molecular complexity index is 841. The summed E-state index contributed by atoms with van der Waals surface area (Å²) in [5.41, 5.74) is 0.00280. The fraction of sp³-hybridized carbons (Fsp3) is 0.400. The number of carbonyl (C=O) groups is 2. The van der Waals surface area contributed by atoms with Crippen LogP contribution in [0.15, 0.2) is 29.4 Å². The maximum atomic E-state index is 12.3. The van der Waals surface area contributed by atoms with E-state index >= 15 is 0 Å². The maximum absolute atomic E-state index is 12.3.